The zero-order chi connectivity index (χ0) is 23.1. The molecule has 0 aliphatic heterocycles. The maximum atomic E-state index is 12.6. The Morgan fingerprint density at radius 2 is 1.63 bits per heavy atom. The van der Waals surface area contributed by atoms with Gasteiger partial charge in [0.05, 0.1) is 10.5 Å². The predicted molar refractivity (Wildman–Crippen MR) is 107 cm³/mol. The number of sulfonamides is 1. The van der Waals surface area contributed by atoms with E-state index in [0.717, 1.165) is 19.1 Å². The Bertz CT molecular complexity index is 934. The van der Waals surface area contributed by atoms with Crippen LogP contribution in [0.3, 0.4) is 0 Å². The van der Waals surface area contributed by atoms with E-state index < -0.39 is 39.9 Å². The maximum Gasteiger partial charge on any atom is 0.338 e. The van der Waals surface area contributed by atoms with E-state index in [1.54, 1.807) is 6.92 Å². The number of esters is 2. The largest absolute Gasteiger partial charge is 0.458 e. The zero-order valence-electron chi connectivity index (χ0n) is 17.3. The van der Waals surface area contributed by atoms with Crippen molar-refractivity contribution >= 4 is 33.8 Å². The monoisotopic (exact) mass is 439 g/mol. The molecule has 1 unspecified atom stereocenters. The molecule has 1 aromatic carbocycles. The summed E-state index contributed by atoms with van der Waals surface area (Å²) in [5, 5.41) is 0. The number of benzene rings is 1. The molecule has 0 spiro atoms. The zero-order valence-corrected chi connectivity index (χ0v) is 18.2. The highest BCUT2D eigenvalue weighted by atomic mass is 32.2. The van der Waals surface area contributed by atoms with E-state index in [4.69, 9.17) is 9.47 Å². The maximum absolute atomic E-state index is 12.6. The molecule has 1 rings (SSSR count). The summed E-state index contributed by atoms with van der Waals surface area (Å²) in [6.07, 6.45) is -0.407. The van der Waals surface area contributed by atoms with Gasteiger partial charge in [-0.05, 0) is 37.6 Å². The third-order valence-corrected chi connectivity index (χ3v) is 5.73. The van der Waals surface area contributed by atoms with Crippen LogP contribution in [-0.2, 0) is 33.9 Å². The van der Waals surface area contributed by atoms with Crippen LogP contribution >= 0.6 is 0 Å². The molecule has 0 aliphatic carbocycles. The number of hydrogen-bond acceptors (Lipinski definition) is 8. The molecule has 10 heteroatoms. The highest BCUT2D eigenvalue weighted by Gasteiger charge is 2.32. The van der Waals surface area contributed by atoms with Crippen molar-refractivity contribution in [1.29, 1.82) is 0 Å². The normalized spacial score (nSPS) is 11.9. The van der Waals surface area contributed by atoms with E-state index in [2.05, 4.69) is 6.58 Å². The molecule has 164 valence electrons. The van der Waals surface area contributed by atoms with E-state index in [9.17, 15) is 27.6 Å². The first-order valence-electron chi connectivity index (χ1n) is 9.18. The van der Waals surface area contributed by atoms with Gasteiger partial charge in [-0.15, -0.1) is 0 Å². The lowest BCUT2D eigenvalue weighted by Gasteiger charge is -2.18. The molecule has 30 heavy (non-hydrogen) atoms. The van der Waals surface area contributed by atoms with Crippen molar-refractivity contribution < 1.29 is 37.1 Å². The first kappa shape index (κ1) is 25.0. The van der Waals surface area contributed by atoms with Crippen LogP contribution < -0.4 is 0 Å². The number of carbonyl (C=O) groups excluding carboxylic acids is 4. The first-order chi connectivity index (χ1) is 13.9. The van der Waals surface area contributed by atoms with Gasteiger partial charge in [0.1, 0.15) is 12.7 Å². The van der Waals surface area contributed by atoms with Crippen LogP contribution in [0.5, 0.6) is 0 Å². The Hall–Kier alpha value is -3.01. The third kappa shape index (κ3) is 6.24. The molecule has 0 N–H and O–H groups in total. The lowest BCUT2D eigenvalue weighted by molar-refractivity contribution is -0.146. The molecular formula is C20H25NO8S. The van der Waals surface area contributed by atoms with Gasteiger partial charge in [0.25, 0.3) is 10.0 Å². The quantitative estimate of drug-likeness (QED) is 0.424. The molecular weight excluding hydrogens is 414 g/mol. The smallest absolute Gasteiger partial charge is 0.338 e. The van der Waals surface area contributed by atoms with Gasteiger partial charge in [0, 0.05) is 18.9 Å². The molecule has 0 heterocycles. The number of carbonyl (C=O) groups is 4. The second-order valence-corrected chi connectivity index (χ2v) is 8.16. The van der Waals surface area contributed by atoms with E-state index in [1.807, 2.05) is 0 Å². The summed E-state index contributed by atoms with van der Waals surface area (Å²) in [6.45, 7) is 8.95. The highest BCUT2D eigenvalue weighted by molar-refractivity contribution is 7.90. The molecule has 0 saturated carbocycles. The van der Waals surface area contributed by atoms with Gasteiger partial charge in [0.2, 0.25) is 11.8 Å². The number of imide groups is 1. The van der Waals surface area contributed by atoms with Gasteiger partial charge in [-0.2, -0.15) is 4.31 Å². The summed E-state index contributed by atoms with van der Waals surface area (Å²) in [5.74, 6) is -3.14. The fraction of sp³-hybridized carbons (Fsp3) is 0.400. The molecule has 9 nitrogen and oxygen atoms in total. The Labute approximate surface area is 175 Å². The summed E-state index contributed by atoms with van der Waals surface area (Å²) >= 11 is 0. The standard InChI is InChI=1S/C20H25NO8S/c1-6-16(29-19(24)13(3)4)12-28-20(25)15-8-10-17(11-9-15)30(26,27)21(14(5)22)18(23)7-2/h8-11,16H,3,6-7,12H2,1-2,4-5H3. The molecule has 0 saturated heterocycles. The van der Waals surface area contributed by atoms with Crippen LogP contribution in [0.15, 0.2) is 41.3 Å². The van der Waals surface area contributed by atoms with Crippen molar-refractivity contribution in [2.24, 2.45) is 0 Å². The van der Waals surface area contributed by atoms with E-state index in [1.165, 1.54) is 26.0 Å². The van der Waals surface area contributed by atoms with E-state index in [0.29, 0.717) is 6.42 Å². The van der Waals surface area contributed by atoms with Gasteiger partial charge in [-0.1, -0.05) is 20.4 Å². The minimum absolute atomic E-state index is 0.0474. The summed E-state index contributed by atoms with van der Waals surface area (Å²) in [5.41, 5.74) is 0.268. The first-order valence-corrected chi connectivity index (χ1v) is 10.6. The van der Waals surface area contributed by atoms with Crippen molar-refractivity contribution in [3.63, 3.8) is 0 Å². The second kappa shape index (κ2) is 10.7. The van der Waals surface area contributed by atoms with E-state index in [-0.39, 0.29) is 33.4 Å². The fourth-order valence-corrected chi connectivity index (χ4v) is 3.66. The van der Waals surface area contributed by atoms with Gasteiger partial charge in [0.15, 0.2) is 0 Å². The van der Waals surface area contributed by atoms with Crippen molar-refractivity contribution in [3.8, 4) is 0 Å². The summed E-state index contributed by atoms with van der Waals surface area (Å²) < 4.78 is 35.6. The lowest BCUT2D eigenvalue weighted by atomic mass is 10.2. The van der Waals surface area contributed by atoms with Gasteiger partial charge in [-0.3, -0.25) is 9.59 Å². The Morgan fingerprint density at radius 3 is 2.07 bits per heavy atom. The Morgan fingerprint density at radius 1 is 1.07 bits per heavy atom. The SMILES string of the molecule is C=C(C)C(=O)OC(CC)COC(=O)c1ccc(S(=O)(=O)N(C(C)=O)C(=O)CC)cc1. The van der Waals surface area contributed by atoms with E-state index >= 15 is 0 Å². The molecule has 0 aromatic heterocycles. The number of amides is 2. The molecule has 0 bridgehead atoms. The fourth-order valence-electron chi connectivity index (χ4n) is 2.23. The van der Waals surface area contributed by atoms with Crippen LogP contribution in [0.25, 0.3) is 0 Å². The summed E-state index contributed by atoms with van der Waals surface area (Å²) in [6, 6.07) is 4.60. The third-order valence-electron chi connectivity index (χ3n) is 3.92. The molecule has 0 aliphatic rings. The van der Waals surface area contributed by atoms with Crippen LogP contribution in [-0.4, -0.2) is 49.2 Å². The molecule has 1 atom stereocenters. The minimum atomic E-state index is -4.39. The van der Waals surface area contributed by atoms with Crippen molar-refractivity contribution in [1.82, 2.24) is 4.31 Å². The highest BCUT2D eigenvalue weighted by Crippen LogP contribution is 2.18. The van der Waals surface area contributed by atoms with Gasteiger partial charge >= 0.3 is 11.9 Å². The Balaban J connectivity index is 2.92. The average molecular weight is 439 g/mol. The molecule has 2 amide bonds. The predicted octanol–water partition coefficient (Wildman–Crippen LogP) is 2.22. The topological polar surface area (TPSA) is 124 Å². The van der Waals surface area contributed by atoms with Crippen LogP contribution in [0, 0.1) is 0 Å². The minimum Gasteiger partial charge on any atom is -0.458 e. The van der Waals surface area contributed by atoms with Crippen LogP contribution in [0.2, 0.25) is 0 Å². The van der Waals surface area contributed by atoms with Crippen molar-refractivity contribution in [2.45, 2.75) is 51.5 Å². The number of ether oxygens (including phenoxy) is 2. The number of hydrogen-bond donors (Lipinski definition) is 0. The van der Waals surface area contributed by atoms with Gasteiger partial charge < -0.3 is 9.47 Å². The van der Waals surface area contributed by atoms with Crippen molar-refractivity contribution in [3.05, 3.63) is 42.0 Å². The summed E-state index contributed by atoms with van der Waals surface area (Å²) in [4.78, 5) is 46.9. The Kier molecular flexibility index (Phi) is 8.91. The number of rotatable bonds is 9. The van der Waals surface area contributed by atoms with Crippen LogP contribution in [0.4, 0.5) is 0 Å². The second-order valence-electron chi connectivity index (χ2n) is 6.37. The van der Waals surface area contributed by atoms with Crippen molar-refractivity contribution in [2.75, 3.05) is 6.61 Å². The van der Waals surface area contributed by atoms with Crippen LogP contribution in [0.1, 0.15) is 50.9 Å². The lowest BCUT2D eigenvalue weighted by Crippen LogP contribution is -2.40. The van der Waals surface area contributed by atoms with Gasteiger partial charge in [-0.25, -0.2) is 18.0 Å². The number of nitrogens with zero attached hydrogens (tertiary/aromatic N) is 1. The summed E-state index contributed by atoms with van der Waals surface area (Å²) in [7, 11) is -4.39. The molecule has 1 aromatic rings. The molecule has 0 radical (unpaired) electrons. The average Bonchev–Trinajstić information content (AvgIpc) is 2.69. The molecule has 0 fully saturated rings.